The number of carbonyl (C=O) groups excluding carboxylic acids is 1. The number of amides is 1. The predicted molar refractivity (Wildman–Crippen MR) is 77.0 cm³/mol. The van der Waals surface area contributed by atoms with E-state index in [1.54, 1.807) is 12.3 Å². The summed E-state index contributed by atoms with van der Waals surface area (Å²) in [6.45, 7) is 4.25. The summed E-state index contributed by atoms with van der Waals surface area (Å²) in [5.74, 6) is 0.941. The fourth-order valence-corrected chi connectivity index (χ4v) is 2.92. The Labute approximate surface area is 124 Å². The van der Waals surface area contributed by atoms with E-state index in [4.69, 9.17) is 9.15 Å². The van der Waals surface area contributed by atoms with Gasteiger partial charge in [0, 0.05) is 0 Å². The molecule has 20 heavy (non-hydrogen) atoms. The molecule has 1 N–H and O–H groups in total. The second-order valence-electron chi connectivity index (χ2n) is 4.15. The van der Waals surface area contributed by atoms with Crippen molar-refractivity contribution in [3.05, 3.63) is 24.2 Å². The number of rotatable bonds is 7. The number of nitrogens with zero attached hydrogens (tertiary/aromatic N) is 2. The first kappa shape index (κ1) is 14.9. The van der Waals surface area contributed by atoms with Crippen molar-refractivity contribution < 1.29 is 13.9 Å². The topological polar surface area (TPSA) is 77.2 Å². The van der Waals surface area contributed by atoms with Crippen LogP contribution in [0.5, 0.6) is 5.19 Å². The zero-order valence-corrected chi connectivity index (χ0v) is 12.8. The smallest absolute Gasteiger partial charge is 0.295 e. The normalized spacial score (nSPS) is 10.8. The minimum atomic E-state index is -0.0760. The van der Waals surface area contributed by atoms with Crippen LogP contribution < -0.4 is 10.1 Å². The molecule has 0 radical (unpaired) electrons. The lowest BCUT2D eigenvalue weighted by molar-refractivity contribution is -0.118. The fourth-order valence-electron chi connectivity index (χ4n) is 1.28. The standard InChI is InChI=1S/C12H15N3O3S2/c1-8(2)18-11-14-15-12(20-11)19-7-10(16)13-6-9-4-3-5-17-9/h3-5,8H,6-7H2,1-2H3,(H,13,16). The number of ether oxygens (including phenoxy) is 1. The minimum Gasteiger partial charge on any atom is -0.467 e. The Balaban J connectivity index is 1.71. The molecule has 6 nitrogen and oxygen atoms in total. The van der Waals surface area contributed by atoms with E-state index in [0.29, 0.717) is 16.1 Å². The first-order valence-corrected chi connectivity index (χ1v) is 7.85. The third kappa shape index (κ3) is 4.86. The number of carbonyl (C=O) groups is 1. The number of hydrogen-bond acceptors (Lipinski definition) is 7. The summed E-state index contributed by atoms with van der Waals surface area (Å²) in [5, 5.41) is 11.2. The van der Waals surface area contributed by atoms with E-state index in [-0.39, 0.29) is 17.8 Å². The molecule has 1 amide bonds. The van der Waals surface area contributed by atoms with Gasteiger partial charge in [-0.15, -0.1) is 5.10 Å². The Morgan fingerprint density at radius 1 is 1.55 bits per heavy atom. The van der Waals surface area contributed by atoms with Crippen LogP contribution in [0.4, 0.5) is 0 Å². The molecule has 0 aliphatic carbocycles. The maximum absolute atomic E-state index is 11.6. The summed E-state index contributed by atoms with van der Waals surface area (Å²) in [5.41, 5.74) is 0. The van der Waals surface area contributed by atoms with E-state index < -0.39 is 0 Å². The van der Waals surface area contributed by atoms with E-state index in [1.165, 1.54) is 23.1 Å². The van der Waals surface area contributed by atoms with Crippen LogP contribution in [-0.4, -0.2) is 28.0 Å². The van der Waals surface area contributed by atoms with Crippen molar-refractivity contribution in [3.63, 3.8) is 0 Å². The zero-order chi connectivity index (χ0) is 14.4. The zero-order valence-electron chi connectivity index (χ0n) is 11.2. The lowest BCUT2D eigenvalue weighted by atomic mass is 10.4. The van der Waals surface area contributed by atoms with Gasteiger partial charge in [-0.25, -0.2) is 0 Å². The lowest BCUT2D eigenvalue weighted by Gasteiger charge is -2.03. The van der Waals surface area contributed by atoms with Crippen LogP contribution in [0.25, 0.3) is 0 Å². The van der Waals surface area contributed by atoms with Crippen LogP contribution in [-0.2, 0) is 11.3 Å². The largest absolute Gasteiger partial charge is 0.467 e. The molecule has 0 bridgehead atoms. The monoisotopic (exact) mass is 313 g/mol. The minimum absolute atomic E-state index is 0.0670. The van der Waals surface area contributed by atoms with Crippen LogP contribution in [0.3, 0.4) is 0 Å². The van der Waals surface area contributed by atoms with Gasteiger partial charge >= 0.3 is 0 Å². The highest BCUT2D eigenvalue weighted by Gasteiger charge is 2.10. The Morgan fingerprint density at radius 2 is 2.40 bits per heavy atom. The second-order valence-corrected chi connectivity index (χ2v) is 6.31. The molecule has 0 aliphatic rings. The number of aromatic nitrogens is 2. The molecule has 0 saturated heterocycles. The number of furan rings is 1. The Kier molecular flexibility index (Phi) is 5.42. The van der Waals surface area contributed by atoms with Gasteiger partial charge in [-0.1, -0.05) is 16.9 Å². The third-order valence-corrected chi connectivity index (χ3v) is 4.04. The van der Waals surface area contributed by atoms with E-state index in [1.807, 2.05) is 19.9 Å². The summed E-state index contributed by atoms with van der Waals surface area (Å²) >= 11 is 2.67. The summed E-state index contributed by atoms with van der Waals surface area (Å²) in [4.78, 5) is 11.6. The highest BCUT2D eigenvalue weighted by molar-refractivity contribution is 8.01. The van der Waals surface area contributed by atoms with Gasteiger partial charge < -0.3 is 14.5 Å². The quantitative estimate of drug-likeness (QED) is 0.791. The molecule has 0 aliphatic heterocycles. The molecule has 0 spiro atoms. The SMILES string of the molecule is CC(C)Oc1nnc(SCC(=O)NCc2ccco2)s1. The Morgan fingerprint density at radius 3 is 3.10 bits per heavy atom. The molecular formula is C12H15N3O3S2. The number of thioether (sulfide) groups is 1. The van der Waals surface area contributed by atoms with Crippen LogP contribution in [0.1, 0.15) is 19.6 Å². The summed E-state index contributed by atoms with van der Waals surface area (Å²) < 4.78 is 11.3. The van der Waals surface area contributed by atoms with Gasteiger partial charge in [0.2, 0.25) is 5.91 Å². The summed E-state index contributed by atoms with van der Waals surface area (Å²) in [7, 11) is 0. The Hall–Kier alpha value is -1.54. The molecule has 0 atom stereocenters. The average Bonchev–Trinajstić information content (AvgIpc) is 3.04. The maximum atomic E-state index is 11.6. The first-order chi connectivity index (χ1) is 9.63. The number of nitrogens with one attached hydrogen (secondary N) is 1. The lowest BCUT2D eigenvalue weighted by Crippen LogP contribution is -2.24. The molecule has 2 rings (SSSR count). The fraction of sp³-hybridized carbons (Fsp3) is 0.417. The van der Waals surface area contributed by atoms with Crippen LogP contribution in [0.15, 0.2) is 27.2 Å². The van der Waals surface area contributed by atoms with Crippen molar-refractivity contribution in [2.45, 2.75) is 30.8 Å². The van der Waals surface area contributed by atoms with Gasteiger partial charge in [-0.3, -0.25) is 4.79 Å². The molecule has 0 aromatic carbocycles. The van der Waals surface area contributed by atoms with E-state index >= 15 is 0 Å². The molecule has 2 aromatic heterocycles. The van der Waals surface area contributed by atoms with Gasteiger partial charge in [0.15, 0.2) is 4.34 Å². The van der Waals surface area contributed by atoms with Gasteiger partial charge in [-0.05, 0) is 37.3 Å². The highest BCUT2D eigenvalue weighted by Crippen LogP contribution is 2.27. The maximum Gasteiger partial charge on any atom is 0.295 e. The van der Waals surface area contributed by atoms with Crippen molar-refractivity contribution in [1.82, 2.24) is 15.5 Å². The van der Waals surface area contributed by atoms with Crippen LogP contribution in [0, 0.1) is 0 Å². The molecule has 2 heterocycles. The molecule has 0 unspecified atom stereocenters. The number of hydrogen-bond donors (Lipinski definition) is 1. The summed E-state index contributed by atoms with van der Waals surface area (Å²) in [6, 6.07) is 3.60. The molecule has 2 aromatic rings. The third-order valence-electron chi connectivity index (χ3n) is 2.09. The van der Waals surface area contributed by atoms with Crippen molar-refractivity contribution >= 4 is 29.0 Å². The van der Waals surface area contributed by atoms with Gasteiger partial charge in [-0.2, -0.15) is 0 Å². The molecule has 0 fully saturated rings. The van der Waals surface area contributed by atoms with E-state index in [0.717, 1.165) is 5.76 Å². The molecule has 0 saturated carbocycles. The summed E-state index contributed by atoms with van der Waals surface area (Å²) in [6.07, 6.45) is 1.64. The van der Waals surface area contributed by atoms with Crippen LogP contribution >= 0.6 is 23.1 Å². The highest BCUT2D eigenvalue weighted by atomic mass is 32.2. The van der Waals surface area contributed by atoms with Crippen molar-refractivity contribution in [2.75, 3.05) is 5.75 Å². The second kappa shape index (κ2) is 7.30. The van der Waals surface area contributed by atoms with E-state index in [2.05, 4.69) is 15.5 Å². The van der Waals surface area contributed by atoms with Crippen molar-refractivity contribution in [1.29, 1.82) is 0 Å². The molecule has 108 valence electrons. The van der Waals surface area contributed by atoms with Gasteiger partial charge in [0.1, 0.15) is 5.76 Å². The predicted octanol–water partition coefficient (Wildman–Crippen LogP) is 2.33. The molecule has 8 heteroatoms. The van der Waals surface area contributed by atoms with Crippen molar-refractivity contribution in [2.24, 2.45) is 0 Å². The van der Waals surface area contributed by atoms with Gasteiger partial charge in [0.25, 0.3) is 5.19 Å². The van der Waals surface area contributed by atoms with Crippen molar-refractivity contribution in [3.8, 4) is 5.19 Å². The average molecular weight is 313 g/mol. The molecular weight excluding hydrogens is 298 g/mol. The Bertz CT molecular complexity index is 540. The van der Waals surface area contributed by atoms with Gasteiger partial charge in [0.05, 0.1) is 24.7 Å². The van der Waals surface area contributed by atoms with E-state index in [9.17, 15) is 4.79 Å². The first-order valence-electron chi connectivity index (χ1n) is 6.05. The van der Waals surface area contributed by atoms with Crippen LogP contribution in [0.2, 0.25) is 0 Å².